The van der Waals surface area contributed by atoms with Crippen molar-refractivity contribution in [2.75, 3.05) is 6.61 Å². The molecule has 0 radical (unpaired) electrons. The average molecular weight is 257 g/mol. The van der Waals surface area contributed by atoms with Gasteiger partial charge in [0.05, 0.1) is 12.0 Å². The lowest BCUT2D eigenvalue weighted by Crippen LogP contribution is -2.46. The monoisotopic (exact) mass is 257 g/mol. The van der Waals surface area contributed by atoms with Gasteiger partial charge in [0.2, 0.25) is 5.91 Å². The Bertz CT molecular complexity index is 330. The third-order valence-corrected chi connectivity index (χ3v) is 4.47. The standard InChI is InChI=1S/C10H19NO.C4H8O2/c1-8(2)7(12)11-10(5,6)9(8,3)4;1-3-6-4(2)5/h1-6H3,(H,11,12);3H2,1-2H3. The van der Waals surface area contributed by atoms with Gasteiger partial charge in [-0.25, -0.2) is 0 Å². The molecule has 106 valence electrons. The van der Waals surface area contributed by atoms with Gasteiger partial charge in [-0.3, -0.25) is 9.59 Å². The second-order valence-electron chi connectivity index (χ2n) is 6.25. The molecule has 1 fully saturated rings. The van der Waals surface area contributed by atoms with Crippen LogP contribution < -0.4 is 5.32 Å². The lowest BCUT2D eigenvalue weighted by Gasteiger charge is -2.40. The van der Waals surface area contributed by atoms with E-state index in [1.54, 1.807) is 6.92 Å². The van der Waals surface area contributed by atoms with E-state index in [1.165, 1.54) is 6.92 Å². The van der Waals surface area contributed by atoms with Gasteiger partial charge in [0, 0.05) is 17.9 Å². The normalized spacial score (nSPS) is 22.6. The molecule has 1 N–H and O–H groups in total. The van der Waals surface area contributed by atoms with Gasteiger partial charge < -0.3 is 10.1 Å². The maximum Gasteiger partial charge on any atom is 0.302 e. The number of carbonyl (C=O) groups excluding carboxylic acids is 2. The number of esters is 1. The summed E-state index contributed by atoms with van der Waals surface area (Å²) in [6, 6.07) is 0. The predicted molar refractivity (Wildman–Crippen MR) is 72.1 cm³/mol. The van der Waals surface area contributed by atoms with Crippen LogP contribution in [0, 0.1) is 10.8 Å². The zero-order valence-corrected chi connectivity index (χ0v) is 12.9. The van der Waals surface area contributed by atoms with Crippen molar-refractivity contribution in [1.29, 1.82) is 0 Å². The number of amides is 1. The van der Waals surface area contributed by atoms with Crippen molar-refractivity contribution >= 4 is 11.9 Å². The van der Waals surface area contributed by atoms with Crippen molar-refractivity contribution in [3.05, 3.63) is 0 Å². The molecular weight excluding hydrogens is 230 g/mol. The van der Waals surface area contributed by atoms with Crippen molar-refractivity contribution in [1.82, 2.24) is 5.32 Å². The Morgan fingerprint density at radius 2 is 1.61 bits per heavy atom. The molecule has 0 aromatic rings. The van der Waals surface area contributed by atoms with Gasteiger partial charge in [0.15, 0.2) is 0 Å². The van der Waals surface area contributed by atoms with E-state index in [1.807, 2.05) is 13.8 Å². The summed E-state index contributed by atoms with van der Waals surface area (Å²) in [5.41, 5.74) is -0.374. The lowest BCUT2D eigenvalue weighted by molar-refractivity contribution is -0.140. The summed E-state index contributed by atoms with van der Waals surface area (Å²) in [7, 11) is 0. The van der Waals surface area contributed by atoms with E-state index >= 15 is 0 Å². The zero-order chi connectivity index (χ0) is 14.8. The molecule has 0 spiro atoms. The lowest BCUT2D eigenvalue weighted by atomic mass is 9.62. The van der Waals surface area contributed by atoms with E-state index in [0.717, 1.165) is 0 Å². The zero-order valence-electron chi connectivity index (χ0n) is 12.9. The van der Waals surface area contributed by atoms with Gasteiger partial charge in [-0.1, -0.05) is 27.7 Å². The van der Waals surface area contributed by atoms with Gasteiger partial charge in [-0.2, -0.15) is 0 Å². The Morgan fingerprint density at radius 3 is 1.67 bits per heavy atom. The highest BCUT2D eigenvalue weighted by Crippen LogP contribution is 2.51. The summed E-state index contributed by atoms with van der Waals surface area (Å²) < 4.78 is 4.40. The van der Waals surface area contributed by atoms with Crippen molar-refractivity contribution in [3.8, 4) is 0 Å². The Kier molecular flexibility index (Phi) is 4.98. The highest BCUT2D eigenvalue weighted by molar-refractivity contribution is 5.86. The number of nitrogens with one attached hydrogen (secondary N) is 1. The quantitative estimate of drug-likeness (QED) is 0.734. The van der Waals surface area contributed by atoms with Crippen LogP contribution in [0.5, 0.6) is 0 Å². The number of hydrogen-bond donors (Lipinski definition) is 1. The summed E-state index contributed by atoms with van der Waals surface area (Å²) in [6.45, 7) is 16.1. The Labute approximate surface area is 110 Å². The molecule has 0 unspecified atom stereocenters. The fourth-order valence-corrected chi connectivity index (χ4v) is 1.86. The molecule has 0 aromatic carbocycles. The van der Waals surface area contributed by atoms with E-state index in [9.17, 15) is 9.59 Å². The Hall–Kier alpha value is -1.06. The number of hydrogen-bond acceptors (Lipinski definition) is 3. The first kappa shape index (κ1) is 16.9. The summed E-state index contributed by atoms with van der Waals surface area (Å²) in [4.78, 5) is 21.4. The topological polar surface area (TPSA) is 55.4 Å². The third kappa shape index (κ3) is 3.03. The number of carbonyl (C=O) groups is 2. The fraction of sp³-hybridized carbons (Fsp3) is 0.857. The molecule has 1 aliphatic rings. The van der Waals surface area contributed by atoms with Gasteiger partial charge >= 0.3 is 5.97 Å². The van der Waals surface area contributed by atoms with E-state index < -0.39 is 0 Å². The van der Waals surface area contributed by atoms with Gasteiger partial charge in [-0.15, -0.1) is 0 Å². The van der Waals surface area contributed by atoms with Crippen LogP contribution in [0.1, 0.15) is 55.4 Å². The van der Waals surface area contributed by atoms with E-state index in [4.69, 9.17) is 0 Å². The molecular formula is C14H27NO3. The van der Waals surface area contributed by atoms with Crippen LogP contribution in [0.25, 0.3) is 0 Å². The molecule has 1 rings (SSSR count). The maximum absolute atomic E-state index is 11.6. The minimum atomic E-state index is -0.267. The average Bonchev–Trinajstić information content (AvgIpc) is 2.25. The first-order chi connectivity index (χ1) is 7.90. The second-order valence-corrected chi connectivity index (χ2v) is 6.25. The fourth-order valence-electron chi connectivity index (χ4n) is 1.86. The summed E-state index contributed by atoms with van der Waals surface area (Å²) in [5, 5.41) is 3.03. The van der Waals surface area contributed by atoms with Crippen LogP contribution in [0.3, 0.4) is 0 Å². The van der Waals surface area contributed by atoms with Crippen LogP contribution in [-0.2, 0) is 14.3 Å². The predicted octanol–water partition coefficient (Wildman–Crippen LogP) is 2.52. The minimum Gasteiger partial charge on any atom is -0.466 e. The molecule has 4 nitrogen and oxygen atoms in total. The van der Waals surface area contributed by atoms with E-state index in [2.05, 4.69) is 37.7 Å². The van der Waals surface area contributed by atoms with E-state index in [-0.39, 0.29) is 28.2 Å². The number of rotatable bonds is 1. The summed E-state index contributed by atoms with van der Waals surface area (Å²) in [5.74, 6) is -0.0463. The van der Waals surface area contributed by atoms with Crippen molar-refractivity contribution in [2.24, 2.45) is 10.8 Å². The minimum absolute atomic E-state index is 0.00289. The van der Waals surface area contributed by atoms with Crippen LogP contribution >= 0.6 is 0 Å². The summed E-state index contributed by atoms with van der Waals surface area (Å²) in [6.07, 6.45) is 0. The van der Waals surface area contributed by atoms with Gasteiger partial charge in [0.25, 0.3) is 0 Å². The van der Waals surface area contributed by atoms with Crippen LogP contribution in [0.4, 0.5) is 0 Å². The first-order valence-corrected chi connectivity index (χ1v) is 6.36. The molecule has 1 saturated heterocycles. The largest absolute Gasteiger partial charge is 0.466 e. The molecule has 1 amide bonds. The first-order valence-electron chi connectivity index (χ1n) is 6.36. The van der Waals surface area contributed by atoms with Gasteiger partial charge in [0.1, 0.15) is 0 Å². The highest BCUT2D eigenvalue weighted by Gasteiger charge is 2.58. The molecule has 0 bridgehead atoms. The second kappa shape index (κ2) is 5.29. The molecule has 18 heavy (non-hydrogen) atoms. The summed E-state index contributed by atoms with van der Waals surface area (Å²) >= 11 is 0. The SMILES string of the molecule is CC1(C)NC(=O)C(C)(C)C1(C)C.CCOC(C)=O. The molecule has 0 aliphatic carbocycles. The van der Waals surface area contributed by atoms with Crippen LogP contribution in [0.2, 0.25) is 0 Å². The Balaban J connectivity index is 0.000000411. The van der Waals surface area contributed by atoms with Crippen molar-refractivity contribution in [3.63, 3.8) is 0 Å². The van der Waals surface area contributed by atoms with Crippen molar-refractivity contribution < 1.29 is 14.3 Å². The molecule has 0 saturated carbocycles. The van der Waals surface area contributed by atoms with E-state index in [0.29, 0.717) is 6.61 Å². The number of ether oxygens (including phenoxy) is 1. The van der Waals surface area contributed by atoms with Crippen LogP contribution in [0.15, 0.2) is 0 Å². The maximum atomic E-state index is 11.6. The molecule has 4 heteroatoms. The van der Waals surface area contributed by atoms with Crippen LogP contribution in [-0.4, -0.2) is 24.0 Å². The molecule has 0 atom stereocenters. The van der Waals surface area contributed by atoms with Crippen molar-refractivity contribution in [2.45, 2.75) is 60.9 Å². The molecule has 1 heterocycles. The molecule has 1 aliphatic heterocycles. The Morgan fingerprint density at radius 1 is 1.17 bits per heavy atom. The smallest absolute Gasteiger partial charge is 0.302 e. The highest BCUT2D eigenvalue weighted by atomic mass is 16.5. The van der Waals surface area contributed by atoms with Gasteiger partial charge in [-0.05, 0) is 20.8 Å². The third-order valence-electron chi connectivity index (χ3n) is 4.47. The molecule has 0 aromatic heterocycles.